The first-order valence-corrected chi connectivity index (χ1v) is 29.7. The van der Waals surface area contributed by atoms with Crippen LogP contribution in [0.3, 0.4) is 0 Å². The van der Waals surface area contributed by atoms with Crippen molar-refractivity contribution in [3.05, 3.63) is 36.5 Å². The lowest BCUT2D eigenvalue weighted by atomic mass is 10.0. The van der Waals surface area contributed by atoms with Gasteiger partial charge in [-0.05, 0) is 51.4 Å². The molecule has 2 atom stereocenters. The zero-order valence-corrected chi connectivity index (χ0v) is 44.3. The van der Waals surface area contributed by atoms with Crippen molar-refractivity contribution in [3.8, 4) is 0 Å². The van der Waals surface area contributed by atoms with Gasteiger partial charge in [0.05, 0.1) is 18.8 Å². The highest BCUT2D eigenvalue weighted by molar-refractivity contribution is 5.76. The molecule has 0 saturated heterocycles. The Kier molecular flexibility index (Phi) is 55.7. The predicted molar refractivity (Wildman–Crippen MR) is 290 cm³/mol. The molecule has 1 amide bonds. The molecule has 0 heterocycles. The van der Waals surface area contributed by atoms with Gasteiger partial charge >= 0.3 is 0 Å². The number of amides is 1. The van der Waals surface area contributed by atoms with Crippen molar-refractivity contribution in [2.75, 3.05) is 6.61 Å². The number of hydrogen-bond acceptors (Lipinski definition) is 3. The Hall–Kier alpha value is -1.39. The van der Waals surface area contributed by atoms with E-state index < -0.39 is 12.1 Å². The standard InChI is InChI=1S/C61H117NO3/c1-3-5-7-9-11-13-15-17-19-21-23-25-27-29-31-33-35-37-39-41-43-45-47-49-51-53-55-57-61(65)62-59(58-63)60(64)56-54-52-50-48-46-44-42-40-38-36-34-32-30-28-26-24-22-20-18-16-14-12-10-8-6-4-2/h15,17,21,23,54,56,59-60,63-64H,3-14,16,18-20,22,24-53,55,57-58H2,1-2H3,(H,62,65)/b17-15-,23-21-,56-54+. The monoisotopic (exact) mass is 912 g/mol. The lowest BCUT2D eigenvalue weighted by Crippen LogP contribution is -2.45. The summed E-state index contributed by atoms with van der Waals surface area (Å²) >= 11 is 0. The molecular formula is C61H117NO3. The van der Waals surface area contributed by atoms with Gasteiger partial charge in [0.1, 0.15) is 0 Å². The van der Waals surface area contributed by atoms with Crippen molar-refractivity contribution >= 4 is 5.91 Å². The van der Waals surface area contributed by atoms with E-state index in [1.54, 1.807) is 6.08 Å². The third kappa shape index (κ3) is 53.4. The van der Waals surface area contributed by atoms with Gasteiger partial charge in [-0.1, -0.05) is 307 Å². The van der Waals surface area contributed by atoms with Crippen LogP contribution in [0.1, 0.15) is 328 Å². The normalized spacial score (nSPS) is 13.0. The number of rotatable bonds is 55. The fourth-order valence-electron chi connectivity index (χ4n) is 9.33. The second-order valence-electron chi connectivity index (χ2n) is 20.4. The van der Waals surface area contributed by atoms with E-state index in [1.807, 2.05) is 6.08 Å². The molecule has 4 heteroatoms. The molecular weight excluding hydrogens is 795 g/mol. The van der Waals surface area contributed by atoms with Gasteiger partial charge in [-0.3, -0.25) is 4.79 Å². The fourth-order valence-corrected chi connectivity index (χ4v) is 9.33. The van der Waals surface area contributed by atoms with E-state index in [-0.39, 0.29) is 12.5 Å². The number of unbranched alkanes of at least 4 members (excludes halogenated alkanes) is 44. The van der Waals surface area contributed by atoms with Crippen molar-refractivity contribution in [2.45, 2.75) is 341 Å². The first-order valence-electron chi connectivity index (χ1n) is 29.7. The molecule has 0 radical (unpaired) electrons. The van der Waals surface area contributed by atoms with Gasteiger partial charge in [0, 0.05) is 6.42 Å². The highest BCUT2D eigenvalue weighted by Gasteiger charge is 2.18. The molecule has 0 saturated carbocycles. The Labute approximate surface area is 408 Å². The van der Waals surface area contributed by atoms with Gasteiger partial charge in [-0.25, -0.2) is 0 Å². The number of nitrogens with one attached hydrogen (secondary N) is 1. The predicted octanol–water partition coefficient (Wildman–Crippen LogP) is 19.6. The van der Waals surface area contributed by atoms with E-state index in [4.69, 9.17) is 0 Å². The van der Waals surface area contributed by atoms with E-state index in [2.05, 4.69) is 43.5 Å². The van der Waals surface area contributed by atoms with Crippen LogP contribution in [0.15, 0.2) is 36.5 Å². The molecule has 3 N–H and O–H groups in total. The molecule has 0 aliphatic heterocycles. The highest BCUT2D eigenvalue weighted by atomic mass is 16.3. The topological polar surface area (TPSA) is 69.6 Å². The number of aliphatic hydroxyl groups is 2. The molecule has 0 bridgehead atoms. The number of hydrogen-bond donors (Lipinski definition) is 3. The zero-order chi connectivity index (χ0) is 47.0. The summed E-state index contributed by atoms with van der Waals surface area (Å²) in [5.41, 5.74) is 0. The first kappa shape index (κ1) is 63.6. The van der Waals surface area contributed by atoms with Gasteiger partial charge < -0.3 is 15.5 Å². The van der Waals surface area contributed by atoms with Crippen LogP contribution in [0.5, 0.6) is 0 Å². The average Bonchev–Trinajstić information content (AvgIpc) is 3.31. The molecule has 0 aromatic carbocycles. The largest absolute Gasteiger partial charge is 0.394 e. The minimum absolute atomic E-state index is 0.0591. The maximum absolute atomic E-state index is 12.5. The lowest BCUT2D eigenvalue weighted by molar-refractivity contribution is -0.123. The van der Waals surface area contributed by atoms with E-state index in [0.29, 0.717) is 6.42 Å². The van der Waals surface area contributed by atoms with Crippen molar-refractivity contribution in [1.82, 2.24) is 5.32 Å². The Morgan fingerprint density at radius 3 is 0.923 bits per heavy atom. The summed E-state index contributed by atoms with van der Waals surface area (Å²) in [6.07, 6.45) is 77.5. The molecule has 0 rings (SSSR count). The molecule has 0 aliphatic carbocycles. The van der Waals surface area contributed by atoms with Gasteiger partial charge in [0.25, 0.3) is 0 Å². The second kappa shape index (κ2) is 56.9. The molecule has 0 aliphatic rings. The number of carbonyl (C=O) groups is 1. The Morgan fingerprint density at radius 2 is 0.631 bits per heavy atom. The fraction of sp³-hybridized carbons (Fsp3) is 0.885. The van der Waals surface area contributed by atoms with Crippen LogP contribution in [0.2, 0.25) is 0 Å². The Morgan fingerprint density at radius 1 is 0.369 bits per heavy atom. The van der Waals surface area contributed by atoms with Gasteiger partial charge in [0.15, 0.2) is 0 Å². The van der Waals surface area contributed by atoms with Crippen LogP contribution in [-0.4, -0.2) is 34.9 Å². The summed E-state index contributed by atoms with van der Waals surface area (Å²) < 4.78 is 0. The molecule has 4 nitrogen and oxygen atoms in total. The smallest absolute Gasteiger partial charge is 0.220 e. The van der Waals surface area contributed by atoms with Gasteiger partial charge in [0.2, 0.25) is 5.91 Å². The van der Waals surface area contributed by atoms with Crippen LogP contribution in [0.4, 0.5) is 0 Å². The molecule has 0 aromatic rings. The number of aliphatic hydroxyl groups excluding tert-OH is 2. The molecule has 65 heavy (non-hydrogen) atoms. The summed E-state index contributed by atoms with van der Waals surface area (Å²) in [6.45, 7) is 4.33. The lowest BCUT2D eigenvalue weighted by Gasteiger charge is -2.20. The quantitative estimate of drug-likeness (QED) is 0.0421. The number of allylic oxidation sites excluding steroid dienone is 5. The van der Waals surface area contributed by atoms with Gasteiger partial charge in [-0.15, -0.1) is 0 Å². The highest BCUT2D eigenvalue weighted by Crippen LogP contribution is 2.18. The van der Waals surface area contributed by atoms with Crippen molar-refractivity contribution in [1.29, 1.82) is 0 Å². The minimum atomic E-state index is -0.840. The number of carbonyl (C=O) groups excluding carboxylic acids is 1. The summed E-state index contributed by atoms with van der Waals surface area (Å²) in [7, 11) is 0. The second-order valence-corrected chi connectivity index (χ2v) is 20.4. The first-order chi connectivity index (χ1) is 32.2. The van der Waals surface area contributed by atoms with E-state index in [1.165, 1.54) is 276 Å². The summed E-state index contributed by atoms with van der Waals surface area (Å²) in [5.74, 6) is -0.0591. The van der Waals surface area contributed by atoms with Gasteiger partial charge in [-0.2, -0.15) is 0 Å². The minimum Gasteiger partial charge on any atom is -0.394 e. The van der Waals surface area contributed by atoms with Crippen LogP contribution >= 0.6 is 0 Å². The zero-order valence-electron chi connectivity index (χ0n) is 44.3. The third-order valence-corrected chi connectivity index (χ3v) is 13.9. The molecule has 384 valence electrons. The van der Waals surface area contributed by atoms with Crippen LogP contribution in [-0.2, 0) is 4.79 Å². The van der Waals surface area contributed by atoms with Crippen LogP contribution in [0, 0.1) is 0 Å². The van der Waals surface area contributed by atoms with Crippen LogP contribution < -0.4 is 5.32 Å². The molecule has 0 fully saturated rings. The SMILES string of the molecule is CCCCCCC/C=C\C/C=C\CCCCCCCCCCCCCCCCCC(=O)NC(CO)C(O)/C=C/CCCCCCCCCCCCCCCCCCCCCCCCCC. The maximum Gasteiger partial charge on any atom is 0.220 e. The Balaban J connectivity index is 3.47. The van der Waals surface area contributed by atoms with E-state index in [9.17, 15) is 15.0 Å². The Bertz CT molecular complexity index is 989. The van der Waals surface area contributed by atoms with Crippen molar-refractivity contribution in [3.63, 3.8) is 0 Å². The molecule has 0 spiro atoms. The van der Waals surface area contributed by atoms with Crippen molar-refractivity contribution in [2.24, 2.45) is 0 Å². The van der Waals surface area contributed by atoms with E-state index >= 15 is 0 Å². The summed E-state index contributed by atoms with van der Waals surface area (Å²) in [4.78, 5) is 12.5. The summed E-state index contributed by atoms with van der Waals surface area (Å²) in [5, 5.41) is 23.2. The molecule has 0 aromatic heterocycles. The third-order valence-electron chi connectivity index (χ3n) is 13.9. The van der Waals surface area contributed by atoms with E-state index in [0.717, 1.165) is 32.1 Å². The van der Waals surface area contributed by atoms with Crippen LogP contribution in [0.25, 0.3) is 0 Å². The van der Waals surface area contributed by atoms with Crippen molar-refractivity contribution < 1.29 is 15.0 Å². The average molecular weight is 913 g/mol. The maximum atomic E-state index is 12.5. The molecule has 2 unspecified atom stereocenters. The summed E-state index contributed by atoms with van der Waals surface area (Å²) in [6, 6.07) is -0.622.